The van der Waals surface area contributed by atoms with Gasteiger partial charge in [-0.15, -0.1) is 0 Å². The van der Waals surface area contributed by atoms with Crippen LogP contribution < -0.4 is 4.74 Å². The summed E-state index contributed by atoms with van der Waals surface area (Å²) in [6.45, 7) is 3.95. The molecule has 0 unspecified atom stereocenters. The van der Waals surface area contributed by atoms with Crippen molar-refractivity contribution in [3.8, 4) is 5.75 Å². The van der Waals surface area contributed by atoms with Crippen molar-refractivity contribution in [3.63, 3.8) is 0 Å². The van der Waals surface area contributed by atoms with Gasteiger partial charge in [0.1, 0.15) is 5.75 Å². The third-order valence-corrected chi connectivity index (χ3v) is 2.97. The van der Waals surface area contributed by atoms with Crippen LogP contribution >= 0.6 is 11.6 Å². The van der Waals surface area contributed by atoms with Crippen LogP contribution in [0, 0.1) is 0 Å². The fourth-order valence-corrected chi connectivity index (χ4v) is 2.08. The molecule has 0 radical (unpaired) electrons. The van der Waals surface area contributed by atoms with Gasteiger partial charge in [0.25, 0.3) is 0 Å². The molecular weight excluding hydrogens is 288 g/mol. The Morgan fingerprint density at radius 2 is 2.00 bits per heavy atom. The number of allylic oxidation sites excluding steroid dienone is 1. The molecule has 0 aliphatic rings. The van der Waals surface area contributed by atoms with Crippen LogP contribution in [0.5, 0.6) is 5.75 Å². The van der Waals surface area contributed by atoms with Crippen molar-refractivity contribution in [3.05, 3.63) is 52.8 Å². The van der Waals surface area contributed by atoms with Gasteiger partial charge in [0.2, 0.25) is 5.78 Å². The Morgan fingerprint density at radius 1 is 1.33 bits per heavy atom. The number of hydrogen-bond donors (Lipinski definition) is 0. The smallest absolute Gasteiger partial charge is 0.207 e. The minimum absolute atomic E-state index is 0.138. The van der Waals surface area contributed by atoms with Crippen molar-refractivity contribution < 1.29 is 9.53 Å². The first-order valence-corrected chi connectivity index (χ1v) is 7.02. The molecule has 0 bridgehead atoms. The van der Waals surface area contributed by atoms with Gasteiger partial charge >= 0.3 is 0 Å². The molecule has 1 aromatic carbocycles. The zero-order valence-electron chi connectivity index (χ0n) is 12.2. The fourth-order valence-electron chi connectivity index (χ4n) is 1.81. The highest BCUT2D eigenvalue weighted by molar-refractivity contribution is 6.34. The Hall–Kier alpha value is -2.07. The van der Waals surface area contributed by atoms with Crippen molar-refractivity contribution in [2.24, 2.45) is 7.05 Å². The lowest BCUT2D eigenvalue weighted by molar-refractivity contribution is 0.104. The molecule has 0 saturated carbocycles. The fraction of sp³-hybridized carbons (Fsp3) is 0.250. The molecule has 5 heteroatoms. The van der Waals surface area contributed by atoms with E-state index in [1.54, 1.807) is 19.3 Å². The number of nitrogens with zero attached hydrogens (tertiary/aromatic N) is 2. The van der Waals surface area contributed by atoms with E-state index in [2.05, 4.69) is 5.10 Å². The van der Waals surface area contributed by atoms with Gasteiger partial charge in [-0.1, -0.05) is 29.8 Å². The maximum absolute atomic E-state index is 12.0. The highest BCUT2D eigenvalue weighted by Crippen LogP contribution is 2.17. The first kappa shape index (κ1) is 15.3. The van der Waals surface area contributed by atoms with Crippen molar-refractivity contribution in [2.75, 3.05) is 0 Å². The quantitative estimate of drug-likeness (QED) is 0.624. The molecule has 0 spiro atoms. The van der Waals surface area contributed by atoms with Gasteiger partial charge in [0, 0.05) is 13.2 Å². The highest BCUT2D eigenvalue weighted by Gasteiger charge is 2.11. The summed E-state index contributed by atoms with van der Waals surface area (Å²) >= 11 is 5.94. The second-order valence-corrected chi connectivity index (χ2v) is 5.34. The van der Waals surface area contributed by atoms with E-state index in [-0.39, 0.29) is 17.6 Å². The second-order valence-electron chi connectivity index (χ2n) is 4.93. The van der Waals surface area contributed by atoms with Crippen molar-refractivity contribution in [2.45, 2.75) is 20.0 Å². The molecule has 4 nitrogen and oxygen atoms in total. The molecule has 2 rings (SSSR count). The Morgan fingerprint density at radius 3 is 2.52 bits per heavy atom. The van der Waals surface area contributed by atoms with Crippen LogP contribution in [-0.4, -0.2) is 21.7 Å². The monoisotopic (exact) mass is 304 g/mol. The molecule has 0 N–H and O–H groups in total. The summed E-state index contributed by atoms with van der Waals surface area (Å²) in [5, 5.41) is 4.39. The Labute approximate surface area is 129 Å². The van der Waals surface area contributed by atoms with Gasteiger partial charge < -0.3 is 4.74 Å². The SMILES string of the molecule is CC(C)Oc1ccc(/C=C/C(=O)c2nn(C)cc2Cl)cc1. The van der Waals surface area contributed by atoms with E-state index in [0.29, 0.717) is 5.02 Å². The third kappa shape index (κ3) is 4.20. The summed E-state index contributed by atoms with van der Waals surface area (Å²) in [6.07, 6.45) is 4.93. The van der Waals surface area contributed by atoms with Gasteiger partial charge in [-0.2, -0.15) is 5.10 Å². The summed E-state index contributed by atoms with van der Waals surface area (Å²) in [6, 6.07) is 7.53. The Kier molecular flexibility index (Phi) is 4.81. The summed E-state index contributed by atoms with van der Waals surface area (Å²) in [4.78, 5) is 12.0. The summed E-state index contributed by atoms with van der Waals surface area (Å²) in [5.74, 6) is 0.587. The summed E-state index contributed by atoms with van der Waals surface area (Å²) < 4.78 is 7.08. The number of ketones is 1. The molecule has 110 valence electrons. The van der Waals surface area contributed by atoms with Crippen LogP contribution in [0.15, 0.2) is 36.5 Å². The van der Waals surface area contributed by atoms with E-state index in [0.717, 1.165) is 11.3 Å². The van der Waals surface area contributed by atoms with Gasteiger partial charge in [-0.3, -0.25) is 9.48 Å². The van der Waals surface area contributed by atoms with Crippen LogP contribution in [0.2, 0.25) is 5.02 Å². The minimum atomic E-state index is -0.219. The molecule has 0 aliphatic carbocycles. The molecule has 0 aliphatic heterocycles. The number of hydrogen-bond acceptors (Lipinski definition) is 3. The number of halogens is 1. The van der Waals surface area contributed by atoms with Crippen LogP contribution in [0.1, 0.15) is 29.9 Å². The van der Waals surface area contributed by atoms with E-state index in [9.17, 15) is 4.79 Å². The minimum Gasteiger partial charge on any atom is -0.491 e. The summed E-state index contributed by atoms with van der Waals surface area (Å²) in [5.41, 5.74) is 1.17. The van der Waals surface area contributed by atoms with E-state index in [1.807, 2.05) is 38.1 Å². The predicted molar refractivity (Wildman–Crippen MR) is 83.8 cm³/mol. The zero-order valence-corrected chi connectivity index (χ0v) is 13.0. The highest BCUT2D eigenvalue weighted by atomic mass is 35.5. The van der Waals surface area contributed by atoms with Gasteiger partial charge in [0.05, 0.1) is 11.1 Å². The zero-order chi connectivity index (χ0) is 15.4. The van der Waals surface area contributed by atoms with Crippen LogP contribution in [0.4, 0.5) is 0 Å². The number of rotatable bonds is 5. The summed E-state index contributed by atoms with van der Waals surface area (Å²) in [7, 11) is 1.72. The number of ether oxygens (including phenoxy) is 1. The van der Waals surface area contributed by atoms with Crippen LogP contribution in [0.3, 0.4) is 0 Å². The molecule has 0 saturated heterocycles. The normalized spacial score (nSPS) is 11.3. The lowest BCUT2D eigenvalue weighted by Gasteiger charge is -2.09. The van der Waals surface area contributed by atoms with Crippen molar-refractivity contribution >= 4 is 23.5 Å². The van der Waals surface area contributed by atoms with Gasteiger partial charge in [0.15, 0.2) is 5.69 Å². The molecule has 21 heavy (non-hydrogen) atoms. The average molecular weight is 305 g/mol. The molecule has 0 fully saturated rings. The predicted octanol–water partition coefficient (Wildman–Crippen LogP) is 3.76. The Balaban J connectivity index is 2.07. The topological polar surface area (TPSA) is 44.1 Å². The lowest BCUT2D eigenvalue weighted by Crippen LogP contribution is -2.05. The maximum atomic E-state index is 12.0. The molecule has 1 aromatic heterocycles. The largest absolute Gasteiger partial charge is 0.491 e. The second kappa shape index (κ2) is 6.59. The van der Waals surface area contributed by atoms with E-state index < -0.39 is 0 Å². The average Bonchev–Trinajstić information content (AvgIpc) is 2.76. The molecule has 0 atom stereocenters. The Bertz CT molecular complexity index is 657. The number of carbonyl (C=O) groups excluding carboxylic acids is 1. The molecular formula is C16H17ClN2O2. The number of aromatic nitrogens is 2. The molecule has 2 aromatic rings. The molecule has 0 amide bonds. The van der Waals surface area contributed by atoms with E-state index >= 15 is 0 Å². The van der Waals surface area contributed by atoms with E-state index in [1.165, 1.54) is 10.8 Å². The number of benzene rings is 1. The van der Waals surface area contributed by atoms with Crippen LogP contribution in [0.25, 0.3) is 6.08 Å². The van der Waals surface area contributed by atoms with Crippen molar-refractivity contribution in [1.82, 2.24) is 9.78 Å². The van der Waals surface area contributed by atoms with Crippen molar-refractivity contribution in [1.29, 1.82) is 0 Å². The van der Waals surface area contributed by atoms with Gasteiger partial charge in [-0.25, -0.2) is 0 Å². The lowest BCUT2D eigenvalue weighted by atomic mass is 10.1. The number of carbonyl (C=O) groups is 1. The van der Waals surface area contributed by atoms with Crippen LogP contribution in [-0.2, 0) is 7.05 Å². The van der Waals surface area contributed by atoms with E-state index in [4.69, 9.17) is 16.3 Å². The standard InChI is InChI=1S/C16H17ClN2O2/c1-11(2)21-13-7-4-12(5-8-13)6-9-15(20)16-14(17)10-19(3)18-16/h4-11H,1-3H3/b9-6+. The van der Waals surface area contributed by atoms with Gasteiger partial charge in [-0.05, 0) is 37.6 Å². The third-order valence-electron chi connectivity index (χ3n) is 2.70. The first-order chi connectivity index (χ1) is 9.95. The maximum Gasteiger partial charge on any atom is 0.207 e. The number of aryl methyl sites for hydroxylation is 1. The first-order valence-electron chi connectivity index (χ1n) is 6.64. The molecule has 1 heterocycles.